The lowest BCUT2D eigenvalue weighted by molar-refractivity contribution is 0.101. The molecule has 3 rings (SSSR count). The van der Waals surface area contributed by atoms with Crippen LogP contribution < -0.4 is 5.32 Å². The summed E-state index contributed by atoms with van der Waals surface area (Å²) in [5.74, 6) is -0.194. The van der Waals surface area contributed by atoms with Gasteiger partial charge in [0, 0.05) is 31.7 Å². The van der Waals surface area contributed by atoms with E-state index in [1.165, 1.54) is 6.07 Å². The number of amides is 1. The maximum Gasteiger partial charge on any atom is 0.273 e. The fourth-order valence-electron chi connectivity index (χ4n) is 2.20. The minimum absolute atomic E-state index is 0.318. The van der Waals surface area contributed by atoms with E-state index in [4.69, 9.17) is 0 Å². The minimum Gasteiger partial charge on any atom is -0.340 e. The lowest BCUT2D eigenvalue weighted by Gasteiger charge is -2.04. The zero-order chi connectivity index (χ0) is 14.3. The third-order valence-corrected chi connectivity index (χ3v) is 3.22. The third kappa shape index (κ3) is 1.95. The number of hydrogen-bond acceptors (Lipinski definition) is 2. The van der Waals surface area contributed by atoms with E-state index in [1.807, 2.05) is 0 Å². The van der Waals surface area contributed by atoms with Crippen LogP contribution in [0.4, 0.5) is 10.2 Å². The Morgan fingerprint density at radius 2 is 2.10 bits per heavy atom. The second-order valence-corrected chi connectivity index (χ2v) is 4.59. The Labute approximate surface area is 114 Å². The zero-order valence-corrected chi connectivity index (χ0v) is 11.1. The van der Waals surface area contributed by atoms with Gasteiger partial charge in [0.25, 0.3) is 5.91 Å². The van der Waals surface area contributed by atoms with Gasteiger partial charge in [-0.1, -0.05) is 6.07 Å². The molecule has 0 bridgehead atoms. The van der Waals surface area contributed by atoms with Crippen LogP contribution in [0.1, 0.15) is 10.5 Å². The predicted molar refractivity (Wildman–Crippen MR) is 74.0 cm³/mol. The highest BCUT2D eigenvalue weighted by Gasteiger charge is 2.16. The van der Waals surface area contributed by atoms with Gasteiger partial charge in [0.15, 0.2) is 5.82 Å². The molecule has 6 heteroatoms. The van der Waals surface area contributed by atoms with E-state index in [-0.39, 0.29) is 11.7 Å². The second-order valence-electron chi connectivity index (χ2n) is 4.59. The topological polar surface area (TPSA) is 51.9 Å². The smallest absolute Gasteiger partial charge is 0.273 e. The van der Waals surface area contributed by atoms with Crippen molar-refractivity contribution in [3.8, 4) is 0 Å². The quantitative estimate of drug-likeness (QED) is 0.778. The summed E-state index contributed by atoms with van der Waals surface area (Å²) in [6.07, 6.45) is 1.73. The van der Waals surface area contributed by atoms with Gasteiger partial charge in [-0.25, -0.2) is 4.39 Å². The number of anilines is 1. The van der Waals surface area contributed by atoms with E-state index >= 15 is 0 Å². The van der Waals surface area contributed by atoms with Gasteiger partial charge < -0.3 is 9.88 Å². The van der Waals surface area contributed by atoms with E-state index in [2.05, 4.69) is 10.4 Å². The van der Waals surface area contributed by atoms with Crippen LogP contribution in [0.3, 0.4) is 0 Å². The number of hydrogen-bond donors (Lipinski definition) is 1. The summed E-state index contributed by atoms with van der Waals surface area (Å²) >= 11 is 0. The van der Waals surface area contributed by atoms with Crippen molar-refractivity contribution in [1.82, 2.24) is 14.3 Å². The van der Waals surface area contributed by atoms with E-state index < -0.39 is 0 Å². The van der Waals surface area contributed by atoms with Gasteiger partial charge in [-0.15, -0.1) is 0 Å². The fourth-order valence-corrected chi connectivity index (χ4v) is 2.20. The molecular weight excluding hydrogens is 259 g/mol. The first-order chi connectivity index (χ1) is 9.56. The highest BCUT2D eigenvalue weighted by molar-refractivity contribution is 6.06. The van der Waals surface area contributed by atoms with Gasteiger partial charge in [-0.2, -0.15) is 5.10 Å². The molecule has 0 saturated carbocycles. The first-order valence-electron chi connectivity index (χ1n) is 6.11. The van der Waals surface area contributed by atoms with Gasteiger partial charge >= 0.3 is 0 Å². The van der Waals surface area contributed by atoms with Crippen LogP contribution in [0.15, 0.2) is 36.5 Å². The first kappa shape index (κ1) is 12.4. The Kier molecular flexibility index (Phi) is 2.78. The van der Waals surface area contributed by atoms with Crippen LogP contribution >= 0.6 is 0 Å². The van der Waals surface area contributed by atoms with Crippen LogP contribution in [0.5, 0.6) is 0 Å². The molecule has 0 aliphatic rings. The van der Waals surface area contributed by atoms with Gasteiger partial charge in [0.1, 0.15) is 11.5 Å². The summed E-state index contributed by atoms with van der Waals surface area (Å²) in [6.45, 7) is 0. The van der Waals surface area contributed by atoms with Crippen molar-refractivity contribution in [1.29, 1.82) is 0 Å². The Morgan fingerprint density at radius 1 is 1.30 bits per heavy atom. The molecule has 2 aromatic heterocycles. The Balaban J connectivity index is 1.99. The number of rotatable bonds is 2. The molecule has 2 heterocycles. The molecule has 1 aromatic carbocycles. The van der Waals surface area contributed by atoms with E-state index in [1.54, 1.807) is 53.8 Å². The van der Waals surface area contributed by atoms with Crippen molar-refractivity contribution in [3.05, 3.63) is 48.0 Å². The van der Waals surface area contributed by atoms with Gasteiger partial charge in [-0.3, -0.25) is 9.48 Å². The number of nitrogens with zero attached hydrogens (tertiary/aromatic N) is 3. The molecule has 102 valence electrons. The molecule has 0 unspecified atom stereocenters. The van der Waals surface area contributed by atoms with Crippen LogP contribution in [-0.4, -0.2) is 20.3 Å². The molecule has 3 aromatic rings. The maximum atomic E-state index is 13.7. The summed E-state index contributed by atoms with van der Waals surface area (Å²) in [4.78, 5) is 12.2. The molecule has 0 atom stereocenters. The number of aryl methyl sites for hydroxylation is 2. The van der Waals surface area contributed by atoms with E-state index in [0.29, 0.717) is 22.4 Å². The SMILES string of the molecule is Cn1ccc(NC(=O)c2cc3c(F)cccc3n2C)n1. The van der Waals surface area contributed by atoms with Crippen molar-refractivity contribution in [2.75, 3.05) is 5.32 Å². The van der Waals surface area contributed by atoms with Crippen molar-refractivity contribution in [2.24, 2.45) is 14.1 Å². The Morgan fingerprint density at radius 3 is 2.75 bits per heavy atom. The van der Waals surface area contributed by atoms with Crippen molar-refractivity contribution in [3.63, 3.8) is 0 Å². The van der Waals surface area contributed by atoms with Gasteiger partial charge in [0.2, 0.25) is 0 Å². The normalized spacial score (nSPS) is 10.9. The molecule has 0 radical (unpaired) electrons. The van der Waals surface area contributed by atoms with Crippen molar-refractivity contribution < 1.29 is 9.18 Å². The summed E-state index contributed by atoms with van der Waals surface area (Å²) in [5.41, 5.74) is 1.06. The average Bonchev–Trinajstić information content (AvgIpc) is 2.95. The number of carbonyl (C=O) groups excluding carboxylic acids is 1. The van der Waals surface area contributed by atoms with Gasteiger partial charge in [-0.05, 0) is 18.2 Å². The number of halogens is 1. The second kappa shape index (κ2) is 4.48. The van der Waals surface area contributed by atoms with E-state index in [0.717, 1.165) is 0 Å². The fraction of sp³-hybridized carbons (Fsp3) is 0.143. The van der Waals surface area contributed by atoms with Gasteiger partial charge in [0.05, 0.1) is 5.52 Å². The van der Waals surface area contributed by atoms with E-state index in [9.17, 15) is 9.18 Å². The number of carbonyl (C=O) groups is 1. The summed E-state index contributed by atoms with van der Waals surface area (Å²) in [7, 11) is 3.50. The number of aromatic nitrogens is 3. The molecule has 5 nitrogen and oxygen atoms in total. The molecule has 0 saturated heterocycles. The van der Waals surface area contributed by atoms with Crippen molar-refractivity contribution in [2.45, 2.75) is 0 Å². The molecule has 0 aliphatic carbocycles. The monoisotopic (exact) mass is 272 g/mol. The maximum absolute atomic E-state index is 13.7. The largest absolute Gasteiger partial charge is 0.340 e. The highest BCUT2D eigenvalue weighted by atomic mass is 19.1. The standard InChI is InChI=1S/C14H13FN4O/c1-18-7-6-13(17-18)16-14(20)12-8-9-10(15)4-3-5-11(9)19(12)2/h3-8H,1-2H3,(H,16,17,20). The molecular formula is C14H13FN4O. The van der Waals surface area contributed by atoms with Crippen LogP contribution in [-0.2, 0) is 14.1 Å². The van der Waals surface area contributed by atoms with Crippen LogP contribution in [0.25, 0.3) is 10.9 Å². The van der Waals surface area contributed by atoms with Crippen LogP contribution in [0.2, 0.25) is 0 Å². The summed E-state index contributed by atoms with van der Waals surface area (Å²) < 4.78 is 17.0. The molecule has 1 N–H and O–H groups in total. The number of fused-ring (bicyclic) bond motifs is 1. The number of benzene rings is 1. The van der Waals surface area contributed by atoms with Crippen molar-refractivity contribution >= 4 is 22.6 Å². The predicted octanol–water partition coefficient (Wildman–Crippen LogP) is 2.30. The van der Waals surface area contributed by atoms with Crippen LogP contribution in [0, 0.1) is 5.82 Å². The Hall–Kier alpha value is -2.63. The average molecular weight is 272 g/mol. The minimum atomic E-state index is -0.338. The number of nitrogens with one attached hydrogen (secondary N) is 1. The zero-order valence-electron chi connectivity index (χ0n) is 11.1. The summed E-state index contributed by atoms with van der Waals surface area (Å²) in [6, 6.07) is 8.01. The molecule has 1 amide bonds. The lowest BCUT2D eigenvalue weighted by atomic mass is 10.2. The molecule has 20 heavy (non-hydrogen) atoms. The molecule has 0 fully saturated rings. The molecule has 0 spiro atoms. The first-order valence-corrected chi connectivity index (χ1v) is 6.11. The molecule has 0 aliphatic heterocycles. The summed E-state index contributed by atoms with van der Waals surface area (Å²) in [5, 5.41) is 7.20. The Bertz CT molecular complexity index is 803. The lowest BCUT2D eigenvalue weighted by Crippen LogP contribution is -2.15. The third-order valence-electron chi connectivity index (χ3n) is 3.22. The highest BCUT2D eigenvalue weighted by Crippen LogP contribution is 2.22.